The zero-order valence-electron chi connectivity index (χ0n) is 64.8. The fourth-order valence-electron chi connectivity index (χ4n) is 13.4. The van der Waals surface area contributed by atoms with Gasteiger partial charge in [0.1, 0.15) is 48.8 Å². The molecule has 14 heteroatoms. The summed E-state index contributed by atoms with van der Waals surface area (Å²) >= 11 is 0. The van der Waals surface area contributed by atoms with Crippen molar-refractivity contribution >= 4 is 5.91 Å². The standard InChI is InChI=1S/C88H155NO13/c1-3-5-7-9-11-13-15-17-19-21-23-25-27-29-31-32-33-34-35-36-37-38-39-40-41-42-43-44-46-48-50-52-54-56-58-60-62-64-66-68-70-72-80(93)89-76(75-99-87-85(98)83(96)86(79(74-91)101-87)102-88-84(97)82(95)81(94)78(73-90)100-88)77(92)71-69-67-65-63-61-59-57-55-53-51-49-47-45-30-28-26-24-22-20-18-16-14-12-10-8-6-4-2/h5,7,11,13,17,19,23,25,29,31,33-34,36-37,39-40,42-43,76-79,81-88,90-92,94-98H,3-4,6,8-10,12,14-16,18,20-22,24,26-28,30,32,35,38,41,44-75H2,1-2H3,(H,89,93)/b7-5-,13-11-,19-17-,25-23-,31-29-,34-33-,37-36-,40-39-,43-42-. The molecule has 2 aliphatic rings. The summed E-state index contributed by atoms with van der Waals surface area (Å²) < 4.78 is 23.0. The number of carbonyl (C=O) groups excluding carboxylic acids is 1. The van der Waals surface area contributed by atoms with Gasteiger partial charge in [-0.3, -0.25) is 4.79 Å². The van der Waals surface area contributed by atoms with Crippen LogP contribution in [0.15, 0.2) is 109 Å². The Balaban J connectivity index is 1.59. The van der Waals surface area contributed by atoms with Crippen molar-refractivity contribution in [1.29, 1.82) is 0 Å². The first kappa shape index (κ1) is 94.7. The Kier molecular flexibility index (Phi) is 65.6. The van der Waals surface area contributed by atoms with E-state index in [1.54, 1.807) is 0 Å². The Morgan fingerprint density at radius 1 is 0.363 bits per heavy atom. The topological polar surface area (TPSA) is 228 Å². The first-order valence-corrected chi connectivity index (χ1v) is 42.1. The molecule has 0 saturated carbocycles. The van der Waals surface area contributed by atoms with Gasteiger partial charge in [-0.05, 0) is 83.5 Å². The highest BCUT2D eigenvalue weighted by Crippen LogP contribution is 2.30. The van der Waals surface area contributed by atoms with Gasteiger partial charge in [-0.15, -0.1) is 0 Å². The Morgan fingerprint density at radius 2 is 0.676 bits per heavy atom. The molecule has 0 bridgehead atoms. The molecular formula is C88H155NO13. The molecule has 2 heterocycles. The summed E-state index contributed by atoms with van der Waals surface area (Å²) in [6.07, 6.45) is 85.5. The number of aliphatic hydroxyl groups excluding tert-OH is 8. The largest absolute Gasteiger partial charge is 0.394 e. The van der Waals surface area contributed by atoms with Crippen molar-refractivity contribution in [3.63, 3.8) is 0 Å². The van der Waals surface area contributed by atoms with E-state index < -0.39 is 86.8 Å². The van der Waals surface area contributed by atoms with E-state index in [1.807, 2.05) is 0 Å². The minimum Gasteiger partial charge on any atom is -0.394 e. The molecule has 2 rings (SSSR count). The van der Waals surface area contributed by atoms with Gasteiger partial charge < -0.3 is 65.1 Å². The number of hydrogen-bond acceptors (Lipinski definition) is 13. The maximum Gasteiger partial charge on any atom is 0.220 e. The Hall–Kier alpha value is -3.35. The fourth-order valence-corrected chi connectivity index (χ4v) is 13.4. The summed E-state index contributed by atoms with van der Waals surface area (Å²) in [7, 11) is 0. The highest BCUT2D eigenvalue weighted by molar-refractivity contribution is 5.76. The summed E-state index contributed by atoms with van der Waals surface area (Å²) in [6.45, 7) is 2.79. The summed E-state index contributed by atoms with van der Waals surface area (Å²) in [5.41, 5.74) is 0. The number of hydrogen-bond donors (Lipinski definition) is 9. The van der Waals surface area contributed by atoms with E-state index in [1.165, 1.54) is 205 Å². The number of allylic oxidation sites excluding steroid dienone is 18. The van der Waals surface area contributed by atoms with Crippen LogP contribution in [-0.2, 0) is 23.7 Å². The third-order valence-electron chi connectivity index (χ3n) is 20.0. The van der Waals surface area contributed by atoms with Crippen molar-refractivity contribution in [1.82, 2.24) is 5.32 Å². The van der Waals surface area contributed by atoms with E-state index in [0.29, 0.717) is 12.8 Å². The monoisotopic (exact) mass is 1430 g/mol. The van der Waals surface area contributed by atoms with Crippen LogP contribution in [-0.4, -0.2) is 140 Å². The van der Waals surface area contributed by atoms with E-state index in [4.69, 9.17) is 18.9 Å². The molecule has 14 nitrogen and oxygen atoms in total. The number of ether oxygens (including phenoxy) is 4. The molecule has 2 aliphatic heterocycles. The Labute approximate surface area is 623 Å². The average molecular weight is 1440 g/mol. The number of unbranched alkanes of at least 4 members (excludes halogenated alkanes) is 39. The highest BCUT2D eigenvalue weighted by Gasteiger charge is 2.51. The maximum atomic E-state index is 13.4. The van der Waals surface area contributed by atoms with Crippen LogP contribution in [0.5, 0.6) is 0 Å². The second-order valence-electron chi connectivity index (χ2n) is 29.2. The lowest BCUT2D eigenvalue weighted by molar-refractivity contribution is -0.359. The van der Waals surface area contributed by atoms with Crippen molar-refractivity contribution in [2.24, 2.45) is 0 Å². The molecule has 0 aromatic heterocycles. The van der Waals surface area contributed by atoms with Gasteiger partial charge in [-0.25, -0.2) is 0 Å². The zero-order chi connectivity index (χ0) is 73.7. The van der Waals surface area contributed by atoms with Crippen molar-refractivity contribution in [3.8, 4) is 0 Å². The van der Waals surface area contributed by atoms with Crippen LogP contribution >= 0.6 is 0 Å². The molecule has 0 aromatic rings. The molecular weight excluding hydrogens is 1280 g/mol. The lowest BCUT2D eigenvalue weighted by Gasteiger charge is -2.46. The SMILES string of the molecule is CC/C=C\C/C=C\C/C=C\C/C=C\C/C=C\C/C=C\C/C=C\C/C=C\C/C=C\CCCCCCCCCCCCCCCC(=O)NC(COC1OC(CO)C(OC2OC(CO)C(O)C(O)C2O)C(O)C1O)C(O)CCCCCCCCCCCCCCCCCCCCCCCCCCCCC. The fraction of sp³-hybridized carbons (Fsp3) is 0.784. The molecule has 0 radical (unpaired) electrons. The molecule has 590 valence electrons. The van der Waals surface area contributed by atoms with Crippen LogP contribution in [0.4, 0.5) is 0 Å². The molecule has 1 amide bonds. The van der Waals surface area contributed by atoms with E-state index in [-0.39, 0.29) is 12.5 Å². The molecule has 0 spiro atoms. The van der Waals surface area contributed by atoms with E-state index >= 15 is 0 Å². The van der Waals surface area contributed by atoms with E-state index in [9.17, 15) is 45.6 Å². The van der Waals surface area contributed by atoms with Gasteiger partial charge in [-0.1, -0.05) is 367 Å². The summed E-state index contributed by atoms with van der Waals surface area (Å²) in [5, 5.41) is 87.9. The van der Waals surface area contributed by atoms with Gasteiger partial charge in [0.15, 0.2) is 12.6 Å². The second-order valence-corrected chi connectivity index (χ2v) is 29.2. The molecule has 0 aliphatic carbocycles. The van der Waals surface area contributed by atoms with Crippen LogP contribution in [0.1, 0.15) is 348 Å². The van der Waals surface area contributed by atoms with Gasteiger partial charge in [0, 0.05) is 6.42 Å². The van der Waals surface area contributed by atoms with Crippen LogP contribution < -0.4 is 5.32 Å². The van der Waals surface area contributed by atoms with E-state index in [2.05, 4.69) is 129 Å². The lowest BCUT2D eigenvalue weighted by Crippen LogP contribution is -2.65. The number of aliphatic hydroxyl groups is 8. The van der Waals surface area contributed by atoms with Gasteiger partial charge in [0.2, 0.25) is 5.91 Å². The molecule has 12 unspecified atom stereocenters. The Bertz CT molecular complexity index is 2140. The molecule has 0 aromatic carbocycles. The minimum atomic E-state index is -1.79. The summed E-state index contributed by atoms with van der Waals surface area (Å²) in [4.78, 5) is 13.4. The molecule has 2 saturated heterocycles. The van der Waals surface area contributed by atoms with Crippen LogP contribution in [0.25, 0.3) is 0 Å². The maximum absolute atomic E-state index is 13.4. The molecule has 12 atom stereocenters. The zero-order valence-corrected chi connectivity index (χ0v) is 64.8. The van der Waals surface area contributed by atoms with Crippen LogP contribution in [0, 0.1) is 0 Å². The van der Waals surface area contributed by atoms with Crippen LogP contribution in [0.2, 0.25) is 0 Å². The third-order valence-corrected chi connectivity index (χ3v) is 20.0. The van der Waals surface area contributed by atoms with Crippen molar-refractivity contribution < 1.29 is 64.6 Å². The van der Waals surface area contributed by atoms with Gasteiger partial charge >= 0.3 is 0 Å². The highest BCUT2D eigenvalue weighted by atomic mass is 16.7. The van der Waals surface area contributed by atoms with E-state index in [0.717, 1.165) is 116 Å². The smallest absolute Gasteiger partial charge is 0.220 e. The second kappa shape index (κ2) is 70.6. The number of amides is 1. The Morgan fingerprint density at radius 3 is 1.04 bits per heavy atom. The quantitative estimate of drug-likeness (QED) is 0.0204. The minimum absolute atomic E-state index is 0.207. The lowest BCUT2D eigenvalue weighted by atomic mass is 9.97. The predicted octanol–water partition coefficient (Wildman–Crippen LogP) is 19.8. The normalized spacial score (nSPS) is 22.2. The van der Waals surface area contributed by atoms with Gasteiger partial charge in [0.05, 0.1) is 32.0 Å². The van der Waals surface area contributed by atoms with Crippen molar-refractivity contribution in [2.45, 2.75) is 421 Å². The first-order valence-electron chi connectivity index (χ1n) is 42.1. The molecule has 9 N–H and O–H groups in total. The number of nitrogens with one attached hydrogen (secondary N) is 1. The third kappa shape index (κ3) is 52.6. The molecule has 2 fully saturated rings. The van der Waals surface area contributed by atoms with Crippen LogP contribution in [0.3, 0.4) is 0 Å². The van der Waals surface area contributed by atoms with Crippen molar-refractivity contribution in [3.05, 3.63) is 109 Å². The number of rotatable bonds is 70. The van der Waals surface area contributed by atoms with Gasteiger partial charge in [0.25, 0.3) is 0 Å². The predicted molar refractivity (Wildman–Crippen MR) is 424 cm³/mol. The van der Waals surface area contributed by atoms with Crippen molar-refractivity contribution in [2.75, 3.05) is 19.8 Å². The number of carbonyl (C=O) groups is 1. The molecule has 102 heavy (non-hydrogen) atoms. The average Bonchev–Trinajstić information content (AvgIpc) is 0.790. The summed E-state index contributed by atoms with van der Waals surface area (Å²) in [5.74, 6) is -0.207. The first-order chi connectivity index (χ1) is 50.1. The summed E-state index contributed by atoms with van der Waals surface area (Å²) in [6, 6.07) is -0.837. The van der Waals surface area contributed by atoms with Gasteiger partial charge in [-0.2, -0.15) is 0 Å².